The van der Waals surface area contributed by atoms with Gasteiger partial charge >= 0.3 is 5.97 Å². The van der Waals surface area contributed by atoms with Gasteiger partial charge in [0.15, 0.2) is 0 Å². The van der Waals surface area contributed by atoms with Gasteiger partial charge in [0.25, 0.3) is 0 Å². The number of carboxylic acids is 1. The molecule has 1 unspecified atom stereocenters. The van der Waals surface area contributed by atoms with E-state index in [4.69, 9.17) is 11.5 Å². The zero-order valence-electron chi connectivity index (χ0n) is 11.3. The Balaban J connectivity index is 2.81. The average Bonchev–Trinajstić information content (AvgIpc) is 2.45. The van der Waals surface area contributed by atoms with Crippen molar-refractivity contribution in [3.8, 4) is 0 Å². The molecular formula is C14H21N3O3. The van der Waals surface area contributed by atoms with E-state index in [1.54, 1.807) is 0 Å². The third-order valence-corrected chi connectivity index (χ3v) is 3.13. The third kappa shape index (κ3) is 4.64. The first-order chi connectivity index (χ1) is 9.60. The van der Waals surface area contributed by atoms with Gasteiger partial charge in [0.05, 0.1) is 6.17 Å². The lowest BCUT2D eigenvalue weighted by Gasteiger charge is -2.30. The van der Waals surface area contributed by atoms with Crippen LogP contribution in [0.4, 0.5) is 0 Å². The lowest BCUT2D eigenvalue weighted by molar-refractivity contribution is -0.148. The minimum absolute atomic E-state index is 0.227. The number of rotatable bonds is 9. The highest BCUT2D eigenvalue weighted by Gasteiger charge is 2.28. The molecule has 110 valence electrons. The Labute approximate surface area is 118 Å². The lowest BCUT2D eigenvalue weighted by atomic mass is 10.0. The van der Waals surface area contributed by atoms with Crippen LogP contribution in [0.25, 0.3) is 0 Å². The van der Waals surface area contributed by atoms with E-state index >= 15 is 0 Å². The number of carbonyl (C=O) groups excluding carboxylic acids is 1. The van der Waals surface area contributed by atoms with E-state index in [2.05, 4.69) is 0 Å². The van der Waals surface area contributed by atoms with E-state index < -0.39 is 18.2 Å². The molecule has 20 heavy (non-hydrogen) atoms. The van der Waals surface area contributed by atoms with Gasteiger partial charge in [-0.15, -0.1) is 0 Å². The molecule has 6 heteroatoms. The van der Waals surface area contributed by atoms with E-state index in [0.717, 1.165) is 10.5 Å². The summed E-state index contributed by atoms with van der Waals surface area (Å²) in [5.41, 5.74) is 12.1. The van der Waals surface area contributed by atoms with Crippen LogP contribution >= 0.6 is 0 Å². The molecule has 1 aromatic rings. The van der Waals surface area contributed by atoms with Gasteiger partial charge in [-0.2, -0.15) is 0 Å². The third-order valence-electron chi connectivity index (χ3n) is 3.13. The maximum atomic E-state index is 11.4. The first-order valence-electron chi connectivity index (χ1n) is 6.55. The van der Waals surface area contributed by atoms with Gasteiger partial charge in [0.1, 0.15) is 6.04 Å². The summed E-state index contributed by atoms with van der Waals surface area (Å²) >= 11 is 0. The molecule has 5 N–H and O–H groups in total. The molecule has 0 fully saturated rings. The molecule has 0 aliphatic rings. The summed E-state index contributed by atoms with van der Waals surface area (Å²) < 4.78 is 0. The van der Waals surface area contributed by atoms with Crippen LogP contribution in [-0.2, 0) is 16.0 Å². The van der Waals surface area contributed by atoms with Crippen LogP contribution in [0.3, 0.4) is 0 Å². The lowest BCUT2D eigenvalue weighted by Crippen LogP contribution is -2.51. The van der Waals surface area contributed by atoms with Crippen LogP contribution in [0.1, 0.15) is 18.4 Å². The van der Waals surface area contributed by atoms with Crippen LogP contribution in [0.2, 0.25) is 0 Å². The molecule has 1 rings (SSSR count). The van der Waals surface area contributed by atoms with Crippen molar-refractivity contribution in [2.75, 3.05) is 6.54 Å². The molecule has 0 spiro atoms. The second-order valence-corrected chi connectivity index (χ2v) is 4.59. The maximum Gasteiger partial charge on any atom is 0.326 e. The Hall–Kier alpha value is -1.92. The summed E-state index contributed by atoms with van der Waals surface area (Å²) in [7, 11) is 0. The van der Waals surface area contributed by atoms with E-state index in [1.165, 1.54) is 0 Å². The maximum absolute atomic E-state index is 11.4. The van der Waals surface area contributed by atoms with Gasteiger partial charge in [0.2, 0.25) is 6.41 Å². The van der Waals surface area contributed by atoms with Crippen LogP contribution in [0.5, 0.6) is 0 Å². The minimum Gasteiger partial charge on any atom is -0.480 e. The number of aliphatic carboxylic acids is 1. The molecule has 0 heterocycles. The normalized spacial score (nSPS) is 13.5. The monoisotopic (exact) mass is 279 g/mol. The Morgan fingerprint density at radius 2 is 2.00 bits per heavy atom. The topological polar surface area (TPSA) is 110 Å². The van der Waals surface area contributed by atoms with Crippen molar-refractivity contribution in [3.63, 3.8) is 0 Å². The molecule has 0 saturated heterocycles. The van der Waals surface area contributed by atoms with E-state index in [1.807, 2.05) is 30.3 Å². The SMILES string of the molecule is NCCCC(N)N(C=O)[C@@H](Cc1ccccc1)C(=O)O. The number of carbonyl (C=O) groups is 2. The van der Waals surface area contributed by atoms with Crippen LogP contribution in [0.15, 0.2) is 30.3 Å². The Bertz CT molecular complexity index is 425. The molecule has 1 amide bonds. The molecule has 0 radical (unpaired) electrons. The van der Waals surface area contributed by atoms with Crippen molar-refractivity contribution < 1.29 is 14.7 Å². The minimum atomic E-state index is -1.07. The fourth-order valence-corrected chi connectivity index (χ4v) is 2.02. The number of nitrogens with two attached hydrogens (primary N) is 2. The van der Waals surface area contributed by atoms with Crippen LogP contribution in [0, 0.1) is 0 Å². The number of hydrogen-bond donors (Lipinski definition) is 3. The second kappa shape index (κ2) is 8.29. The zero-order chi connectivity index (χ0) is 15.0. The van der Waals surface area contributed by atoms with Crippen molar-refractivity contribution in [1.82, 2.24) is 4.90 Å². The number of carboxylic acid groups (broad SMARTS) is 1. The quantitative estimate of drug-likeness (QED) is 0.441. The summed E-state index contributed by atoms with van der Waals surface area (Å²) in [5, 5.41) is 9.33. The largest absolute Gasteiger partial charge is 0.480 e. The second-order valence-electron chi connectivity index (χ2n) is 4.59. The first-order valence-corrected chi connectivity index (χ1v) is 6.55. The molecule has 0 aliphatic carbocycles. The van der Waals surface area contributed by atoms with Crippen molar-refractivity contribution in [1.29, 1.82) is 0 Å². The van der Waals surface area contributed by atoms with Gasteiger partial charge in [-0.05, 0) is 24.9 Å². The number of benzene rings is 1. The van der Waals surface area contributed by atoms with E-state index in [0.29, 0.717) is 25.8 Å². The molecule has 1 aromatic carbocycles. The first kappa shape index (κ1) is 16.1. The van der Waals surface area contributed by atoms with E-state index in [-0.39, 0.29) is 6.42 Å². The van der Waals surface area contributed by atoms with Gasteiger partial charge in [-0.25, -0.2) is 4.79 Å². The highest BCUT2D eigenvalue weighted by molar-refractivity contribution is 5.76. The summed E-state index contributed by atoms with van der Waals surface area (Å²) in [6.45, 7) is 0.455. The van der Waals surface area contributed by atoms with Crippen molar-refractivity contribution >= 4 is 12.4 Å². The van der Waals surface area contributed by atoms with Crippen LogP contribution in [-0.4, -0.2) is 41.1 Å². The molecule has 0 aromatic heterocycles. The smallest absolute Gasteiger partial charge is 0.326 e. The van der Waals surface area contributed by atoms with Gasteiger partial charge in [-0.3, -0.25) is 4.79 Å². The fourth-order valence-electron chi connectivity index (χ4n) is 2.02. The Morgan fingerprint density at radius 1 is 1.35 bits per heavy atom. The zero-order valence-corrected chi connectivity index (χ0v) is 11.3. The van der Waals surface area contributed by atoms with Gasteiger partial charge in [-0.1, -0.05) is 30.3 Å². The fraction of sp³-hybridized carbons (Fsp3) is 0.429. The summed E-state index contributed by atoms with van der Waals surface area (Å²) in [6, 6.07) is 8.18. The molecule has 0 saturated carbocycles. The highest BCUT2D eigenvalue weighted by Crippen LogP contribution is 2.11. The molecular weight excluding hydrogens is 258 g/mol. The Morgan fingerprint density at radius 3 is 2.50 bits per heavy atom. The summed E-state index contributed by atoms with van der Waals surface area (Å²) in [4.78, 5) is 23.8. The van der Waals surface area contributed by atoms with Gasteiger partial charge < -0.3 is 21.5 Å². The number of amides is 1. The predicted octanol–water partition coefficient (Wildman–Crippen LogP) is 0.164. The number of nitrogens with zero attached hydrogens (tertiary/aromatic N) is 1. The highest BCUT2D eigenvalue weighted by atomic mass is 16.4. The summed E-state index contributed by atoms with van der Waals surface area (Å²) in [5.74, 6) is -1.07. The van der Waals surface area contributed by atoms with Crippen molar-refractivity contribution in [3.05, 3.63) is 35.9 Å². The summed E-state index contributed by atoms with van der Waals surface area (Å²) in [6.07, 6.45) is 1.21. The van der Waals surface area contributed by atoms with Crippen LogP contribution < -0.4 is 11.5 Å². The van der Waals surface area contributed by atoms with Gasteiger partial charge in [0, 0.05) is 6.42 Å². The average molecular weight is 279 g/mol. The molecule has 6 nitrogen and oxygen atoms in total. The standard InChI is InChI=1S/C14H21N3O3/c15-8-4-7-13(16)17(10-18)12(14(19)20)9-11-5-2-1-3-6-11/h1-3,5-6,10,12-13H,4,7-9,15-16H2,(H,19,20)/t12-,13?/m0/s1. The van der Waals surface area contributed by atoms with E-state index in [9.17, 15) is 14.7 Å². The molecule has 2 atom stereocenters. The molecule has 0 bridgehead atoms. The molecule has 0 aliphatic heterocycles. The van der Waals surface area contributed by atoms with Crippen molar-refractivity contribution in [2.24, 2.45) is 11.5 Å². The number of hydrogen-bond acceptors (Lipinski definition) is 4. The Kier molecular flexibility index (Phi) is 6.69. The predicted molar refractivity (Wildman–Crippen MR) is 75.7 cm³/mol. The van der Waals surface area contributed by atoms with Crippen molar-refractivity contribution in [2.45, 2.75) is 31.5 Å².